The van der Waals surface area contributed by atoms with Crippen molar-refractivity contribution in [1.29, 1.82) is 0 Å². The standard InChI is InChI=1S/C82H144NO8P/c1-6-8-10-12-14-16-18-20-22-24-26-28-30-32-34-35-36-37-38-39-40-41-42-43-44-45-46-47-49-50-52-54-56-58-60-62-64-66-68-70-72-74-81(84)88-78-80(79-90-92(86,87)89-77-76-83(3,4)5)91-82(85)75-73-71-69-67-65-63-61-59-57-55-53-51-48-33-31-29-27-25-23-21-19-17-15-13-11-9-7-2/h9,11,15,17-18,20-21,23-24,26-27,29,33,48,53,55,59,61,65,67,80H,6-8,10,12-14,16,19,22,25,28,30-32,34-47,49-52,54,56-58,60,62-64,66,68-79H2,1-5H3/p+1/b11-9-,17-15-,20-18-,23-21-,26-24-,29-27-,48-33-,55-53-,61-59-,67-65-. The third-order valence-electron chi connectivity index (χ3n) is 16.5. The van der Waals surface area contributed by atoms with Crippen LogP contribution < -0.4 is 0 Å². The molecule has 2 atom stereocenters. The van der Waals surface area contributed by atoms with Crippen molar-refractivity contribution in [1.82, 2.24) is 0 Å². The second kappa shape index (κ2) is 71.7. The van der Waals surface area contributed by atoms with Gasteiger partial charge < -0.3 is 18.9 Å². The SMILES string of the molecule is CC/C=C\C/C=C\C/C=C\C/C=C\C/C=C\C/C=C\C/C=C\C/C=C\CCCCC(=O)OC(COC(=O)CCCCCCCCCCCCCCCCCCCCCCCCCCCCCCC/C=C\C/C=C\CCCCCCC)COP(=O)(O)OCC[N+](C)(C)C. The molecular formula is C82H145NO8P+. The second-order valence-electron chi connectivity index (χ2n) is 26.7. The summed E-state index contributed by atoms with van der Waals surface area (Å²) in [4.78, 5) is 35.9. The third-order valence-corrected chi connectivity index (χ3v) is 17.5. The zero-order valence-corrected chi connectivity index (χ0v) is 61.4. The largest absolute Gasteiger partial charge is 0.472 e. The van der Waals surface area contributed by atoms with E-state index in [9.17, 15) is 19.0 Å². The summed E-state index contributed by atoms with van der Waals surface area (Å²) >= 11 is 0. The number of nitrogens with zero attached hydrogens (tertiary/aromatic N) is 1. The molecule has 0 saturated heterocycles. The van der Waals surface area contributed by atoms with Crippen molar-refractivity contribution in [2.75, 3.05) is 47.5 Å². The molecule has 0 spiro atoms. The highest BCUT2D eigenvalue weighted by Crippen LogP contribution is 2.43. The minimum atomic E-state index is -4.41. The first-order valence-corrected chi connectivity index (χ1v) is 39.8. The summed E-state index contributed by atoms with van der Waals surface area (Å²) in [6, 6.07) is 0. The highest BCUT2D eigenvalue weighted by molar-refractivity contribution is 7.47. The minimum absolute atomic E-state index is 0.0183. The lowest BCUT2D eigenvalue weighted by atomic mass is 10.0. The van der Waals surface area contributed by atoms with Gasteiger partial charge >= 0.3 is 19.8 Å². The van der Waals surface area contributed by atoms with Gasteiger partial charge in [-0.25, -0.2) is 4.57 Å². The van der Waals surface area contributed by atoms with E-state index < -0.39 is 26.5 Å². The van der Waals surface area contributed by atoms with E-state index in [-0.39, 0.29) is 32.0 Å². The summed E-state index contributed by atoms with van der Waals surface area (Å²) in [6.07, 6.45) is 104. The number of hydrogen-bond acceptors (Lipinski definition) is 7. The smallest absolute Gasteiger partial charge is 0.462 e. The Bertz CT molecular complexity index is 1970. The van der Waals surface area contributed by atoms with Gasteiger partial charge in [-0.05, 0) is 109 Å². The molecule has 92 heavy (non-hydrogen) atoms. The number of allylic oxidation sites excluding steroid dienone is 20. The maximum atomic E-state index is 12.9. The molecule has 0 aliphatic carbocycles. The Morgan fingerprint density at radius 1 is 0.348 bits per heavy atom. The molecule has 0 radical (unpaired) electrons. The Morgan fingerprint density at radius 2 is 0.620 bits per heavy atom. The second-order valence-corrected chi connectivity index (χ2v) is 28.1. The molecule has 0 bridgehead atoms. The minimum Gasteiger partial charge on any atom is -0.462 e. The molecule has 0 saturated carbocycles. The van der Waals surface area contributed by atoms with Gasteiger partial charge in [-0.3, -0.25) is 18.6 Å². The summed E-state index contributed by atoms with van der Waals surface area (Å²) in [5.41, 5.74) is 0. The molecule has 530 valence electrons. The molecule has 1 N–H and O–H groups in total. The van der Waals surface area contributed by atoms with Crippen LogP contribution in [0.15, 0.2) is 122 Å². The summed E-state index contributed by atoms with van der Waals surface area (Å²) in [5, 5.41) is 0. The number of phosphoric ester groups is 1. The molecule has 2 unspecified atom stereocenters. The molecule has 9 nitrogen and oxygen atoms in total. The van der Waals surface area contributed by atoms with Gasteiger partial charge in [0.1, 0.15) is 19.8 Å². The van der Waals surface area contributed by atoms with Crippen molar-refractivity contribution in [2.24, 2.45) is 0 Å². The molecule has 0 amide bonds. The van der Waals surface area contributed by atoms with Crippen LogP contribution in [-0.4, -0.2) is 74.9 Å². The van der Waals surface area contributed by atoms with Gasteiger partial charge in [0.2, 0.25) is 0 Å². The summed E-state index contributed by atoms with van der Waals surface area (Å²) in [6.45, 7) is 4.28. The number of ether oxygens (including phenoxy) is 2. The van der Waals surface area contributed by atoms with Crippen LogP contribution in [0.4, 0.5) is 0 Å². The molecule has 10 heteroatoms. The predicted octanol–water partition coefficient (Wildman–Crippen LogP) is 25.4. The van der Waals surface area contributed by atoms with Crippen LogP contribution in [0, 0.1) is 0 Å². The van der Waals surface area contributed by atoms with Crippen LogP contribution in [0.5, 0.6) is 0 Å². The van der Waals surface area contributed by atoms with E-state index in [0.29, 0.717) is 17.4 Å². The van der Waals surface area contributed by atoms with Gasteiger partial charge in [0.15, 0.2) is 6.10 Å². The van der Waals surface area contributed by atoms with Crippen molar-refractivity contribution in [3.8, 4) is 0 Å². The van der Waals surface area contributed by atoms with E-state index in [1.807, 2.05) is 21.1 Å². The fraction of sp³-hybridized carbons (Fsp3) is 0.732. The summed E-state index contributed by atoms with van der Waals surface area (Å²) < 4.78 is 34.7. The first-order valence-electron chi connectivity index (χ1n) is 38.3. The number of quaternary nitrogens is 1. The van der Waals surface area contributed by atoms with Crippen LogP contribution in [0.3, 0.4) is 0 Å². The zero-order chi connectivity index (χ0) is 66.9. The number of carbonyl (C=O) groups excluding carboxylic acids is 2. The Labute approximate surface area is 568 Å². The van der Waals surface area contributed by atoms with Crippen LogP contribution in [0.25, 0.3) is 0 Å². The van der Waals surface area contributed by atoms with E-state index in [2.05, 4.69) is 135 Å². The van der Waals surface area contributed by atoms with Crippen LogP contribution in [0.2, 0.25) is 0 Å². The van der Waals surface area contributed by atoms with Gasteiger partial charge in [0, 0.05) is 12.8 Å². The van der Waals surface area contributed by atoms with Crippen LogP contribution >= 0.6 is 7.82 Å². The highest BCUT2D eigenvalue weighted by atomic mass is 31.2. The van der Waals surface area contributed by atoms with Crippen molar-refractivity contribution < 1.29 is 42.1 Å². The lowest BCUT2D eigenvalue weighted by molar-refractivity contribution is -0.870. The molecule has 0 aromatic rings. The topological polar surface area (TPSA) is 108 Å². The number of hydrogen-bond donors (Lipinski definition) is 1. The molecule has 0 aromatic carbocycles. The number of phosphoric acid groups is 1. The molecule has 0 aromatic heterocycles. The quantitative estimate of drug-likeness (QED) is 0.0211. The van der Waals surface area contributed by atoms with Gasteiger partial charge in [0.05, 0.1) is 27.7 Å². The van der Waals surface area contributed by atoms with E-state index >= 15 is 0 Å². The predicted molar refractivity (Wildman–Crippen MR) is 399 cm³/mol. The lowest BCUT2D eigenvalue weighted by Crippen LogP contribution is -2.37. The van der Waals surface area contributed by atoms with Crippen LogP contribution in [-0.2, 0) is 32.7 Å². The maximum Gasteiger partial charge on any atom is 0.472 e. The zero-order valence-electron chi connectivity index (χ0n) is 60.5. The Hall–Kier alpha value is -3.59. The fourth-order valence-corrected chi connectivity index (χ4v) is 11.4. The lowest BCUT2D eigenvalue weighted by Gasteiger charge is -2.24. The normalized spacial score (nSPS) is 13.8. The summed E-state index contributed by atoms with van der Waals surface area (Å²) in [7, 11) is 1.44. The molecule has 0 heterocycles. The number of esters is 2. The van der Waals surface area contributed by atoms with E-state index in [0.717, 1.165) is 89.9 Å². The van der Waals surface area contributed by atoms with Gasteiger partial charge in [-0.2, -0.15) is 0 Å². The van der Waals surface area contributed by atoms with E-state index in [1.165, 1.54) is 212 Å². The van der Waals surface area contributed by atoms with Gasteiger partial charge in [-0.1, -0.05) is 334 Å². The van der Waals surface area contributed by atoms with Gasteiger partial charge in [-0.15, -0.1) is 0 Å². The Balaban J connectivity index is 3.99. The third kappa shape index (κ3) is 75.4. The molecular weight excluding hydrogens is 1160 g/mol. The highest BCUT2D eigenvalue weighted by Gasteiger charge is 2.27. The van der Waals surface area contributed by atoms with Gasteiger partial charge in [0.25, 0.3) is 0 Å². The average Bonchev–Trinajstić information content (AvgIpc) is 2.14. The number of carbonyl (C=O) groups is 2. The number of likely N-dealkylation sites (N-methyl/N-ethyl adjacent to an activating group) is 1. The van der Waals surface area contributed by atoms with Crippen molar-refractivity contribution >= 4 is 19.8 Å². The Kier molecular flexibility index (Phi) is 68.9. The first kappa shape index (κ1) is 88.4. The van der Waals surface area contributed by atoms with E-state index in [4.69, 9.17) is 18.5 Å². The first-order chi connectivity index (χ1) is 45.0. The Morgan fingerprint density at radius 3 is 0.946 bits per heavy atom. The average molecular weight is 1300 g/mol. The molecule has 0 aliphatic heterocycles. The molecule has 0 rings (SSSR count). The molecule has 0 aliphatic rings. The number of unbranched alkanes of at least 4 members (excludes halogenated alkanes) is 36. The monoisotopic (exact) mass is 1300 g/mol. The fourth-order valence-electron chi connectivity index (χ4n) is 10.7. The van der Waals surface area contributed by atoms with Crippen LogP contribution in [0.1, 0.15) is 335 Å². The maximum absolute atomic E-state index is 12.9. The van der Waals surface area contributed by atoms with E-state index in [1.54, 1.807) is 0 Å². The summed E-state index contributed by atoms with van der Waals surface area (Å²) in [5.74, 6) is -0.844. The molecule has 0 fully saturated rings. The van der Waals surface area contributed by atoms with Crippen molar-refractivity contribution in [3.05, 3.63) is 122 Å². The van der Waals surface area contributed by atoms with Crippen molar-refractivity contribution in [2.45, 2.75) is 341 Å². The van der Waals surface area contributed by atoms with Crippen molar-refractivity contribution in [3.63, 3.8) is 0 Å². The number of rotatable bonds is 70.